The van der Waals surface area contributed by atoms with Gasteiger partial charge in [0.15, 0.2) is 4.96 Å². The maximum absolute atomic E-state index is 14.2. The molecule has 0 bridgehead atoms. The van der Waals surface area contributed by atoms with Crippen LogP contribution in [0.3, 0.4) is 0 Å². The molecule has 0 radical (unpaired) electrons. The summed E-state index contributed by atoms with van der Waals surface area (Å²) in [6.45, 7) is -0.0578. The fraction of sp³-hybridized carbons (Fsp3) is 0.167. The van der Waals surface area contributed by atoms with Crippen molar-refractivity contribution in [3.8, 4) is 0 Å². The number of carbonyl (C=O) groups excluding carboxylic acids is 1. The van der Waals surface area contributed by atoms with Gasteiger partial charge in [-0.2, -0.15) is 0 Å². The summed E-state index contributed by atoms with van der Waals surface area (Å²) in [5.74, 6) is -1.01. The second-order valence-corrected chi connectivity index (χ2v) is 7.60. The molecule has 0 saturated heterocycles. The number of carbonyl (C=O) groups is 1. The summed E-state index contributed by atoms with van der Waals surface area (Å²) in [6.07, 6.45) is 1.63. The number of thiophene rings is 1. The molecule has 0 saturated carbocycles. The molecule has 4 rings (SSSR count). The molecule has 0 amide bonds. The molecule has 0 fully saturated rings. The first-order chi connectivity index (χ1) is 13.1. The maximum Gasteiger partial charge on any atom is 0.349 e. The molecule has 0 unspecified atom stereocenters. The molecular formula is C18H13FN2O4S2. The van der Waals surface area contributed by atoms with Gasteiger partial charge in [0.2, 0.25) is 0 Å². The summed E-state index contributed by atoms with van der Waals surface area (Å²) >= 11 is 2.46. The van der Waals surface area contributed by atoms with Crippen molar-refractivity contribution in [3.05, 3.63) is 68.1 Å². The standard InChI is InChI=1S/C18H13FN2O4S2/c1-24-9-11-15-12(19)3-2-4-13(15)27-16(11)17(23)25-8-10-7-14(22)21-5-6-26-18(21)20-10/h2-7H,8-9H2,1H3. The predicted octanol–water partition coefficient (Wildman–Crippen LogP) is 3.61. The van der Waals surface area contributed by atoms with Crippen LogP contribution in [0.5, 0.6) is 0 Å². The van der Waals surface area contributed by atoms with Gasteiger partial charge >= 0.3 is 5.97 Å². The van der Waals surface area contributed by atoms with Gasteiger partial charge in [0.05, 0.1) is 12.3 Å². The van der Waals surface area contributed by atoms with E-state index in [9.17, 15) is 14.0 Å². The number of hydrogen-bond acceptors (Lipinski definition) is 7. The fourth-order valence-corrected chi connectivity index (χ4v) is 4.64. The number of halogens is 1. The molecule has 27 heavy (non-hydrogen) atoms. The van der Waals surface area contributed by atoms with Crippen molar-refractivity contribution in [2.75, 3.05) is 7.11 Å². The average Bonchev–Trinajstić information content (AvgIpc) is 3.26. The number of fused-ring (bicyclic) bond motifs is 2. The zero-order valence-corrected chi connectivity index (χ0v) is 15.7. The quantitative estimate of drug-likeness (QED) is 0.475. The van der Waals surface area contributed by atoms with Crippen LogP contribution >= 0.6 is 22.7 Å². The molecule has 9 heteroatoms. The minimum Gasteiger partial charge on any atom is -0.455 e. The van der Waals surface area contributed by atoms with E-state index in [2.05, 4.69) is 4.98 Å². The molecular weight excluding hydrogens is 391 g/mol. The van der Waals surface area contributed by atoms with Crippen molar-refractivity contribution in [2.24, 2.45) is 0 Å². The highest BCUT2D eigenvalue weighted by molar-refractivity contribution is 7.21. The summed E-state index contributed by atoms with van der Waals surface area (Å²) < 4.78 is 26.7. The summed E-state index contributed by atoms with van der Waals surface area (Å²) in [7, 11) is 1.48. The zero-order chi connectivity index (χ0) is 19.0. The Morgan fingerprint density at radius 2 is 2.19 bits per heavy atom. The van der Waals surface area contributed by atoms with Gasteiger partial charge < -0.3 is 9.47 Å². The van der Waals surface area contributed by atoms with Crippen molar-refractivity contribution in [3.63, 3.8) is 0 Å². The number of hydrogen-bond donors (Lipinski definition) is 0. The summed E-state index contributed by atoms with van der Waals surface area (Å²) in [5.41, 5.74) is 0.579. The SMILES string of the molecule is COCc1c(C(=O)OCc2cc(=O)n3ccsc3n2)sc2cccc(F)c12. The lowest BCUT2D eigenvalue weighted by Crippen LogP contribution is -2.14. The van der Waals surface area contributed by atoms with E-state index in [0.717, 1.165) is 11.3 Å². The number of aromatic nitrogens is 2. The first-order valence-corrected chi connectivity index (χ1v) is 9.60. The van der Waals surface area contributed by atoms with Gasteiger partial charge in [-0.05, 0) is 12.1 Å². The van der Waals surface area contributed by atoms with Crippen LogP contribution in [0.15, 0.2) is 40.6 Å². The number of esters is 1. The van der Waals surface area contributed by atoms with E-state index < -0.39 is 11.8 Å². The van der Waals surface area contributed by atoms with Gasteiger partial charge in [0, 0.05) is 40.4 Å². The highest BCUT2D eigenvalue weighted by Gasteiger charge is 2.22. The van der Waals surface area contributed by atoms with Crippen molar-refractivity contribution >= 4 is 43.7 Å². The second-order valence-electron chi connectivity index (χ2n) is 5.67. The van der Waals surface area contributed by atoms with Gasteiger partial charge in [0.1, 0.15) is 17.3 Å². The van der Waals surface area contributed by atoms with Crippen molar-refractivity contribution in [1.29, 1.82) is 0 Å². The molecule has 0 aliphatic rings. The first-order valence-electron chi connectivity index (χ1n) is 7.90. The Balaban J connectivity index is 1.63. The molecule has 3 aromatic heterocycles. The van der Waals surface area contributed by atoms with Crippen LogP contribution in [-0.4, -0.2) is 22.5 Å². The van der Waals surface area contributed by atoms with E-state index in [1.165, 1.54) is 35.0 Å². The van der Waals surface area contributed by atoms with E-state index in [1.807, 2.05) is 0 Å². The molecule has 0 aliphatic carbocycles. The van der Waals surface area contributed by atoms with E-state index in [4.69, 9.17) is 9.47 Å². The van der Waals surface area contributed by atoms with E-state index in [1.54, 1.807) is 23.7 Å². The molecule has 6 nitrogen and oxygen atoms in total. The minimum atomic E-state index is -0.601. The molecule has 0 atom stereocenters. The third-order valence-electron chi connectivity index (χ3n) is 3.94. The number of nitrogens with zero attached hydrogens (tertiary/aromatic N) is 2. The Morgan fingerprint density at radius 3 is 3.00 bits per heavy atom. The number of ether oxygens (including phenoxy) is 2. The lowest BCUT2D eigenvalue weighted by atomic mass is 10.1. The third kappa shape index (κ3) is 3.25. The van der Waals surface area contributed by atoms with Crippen LogP contribution in [0.4, 0.5) is 4.39 Å². The minimum absolute atomic E-state index is 0.0894. The number of methoxy groups -OCH3 is 1. The maximum atomic E-state index is 14.2. The Morgan fingerprint density at radius 1 is 1.33 bits per heavy atom. The lowest BCUT2D eigenvalue weighted by Gasteiger charge is -2.06. The Labute approximate surface area is 160 Å². The van der Waals surface area contributed by atoms with Gasteiger partial charge in [-0.3, -0.25) is 9.20 Å². The molecule has 0 N–H and O–H groups in total. The topological polar surface area (TPSA) is 69.9 Å². The second kappa shape index (κ2) is 7.18. The van der Waals surface area contributed by atoms with Crippen molar-refractivity contribution in [2.45, 2.75) is 13.2 Å². The summed E-state index contributed by atoms with van der Waals surface area (Å²) in [5, 5.41) is 2.12. The van der Waals surface area contributed by atoms with Crippen LogP contribution in [0, 0.1) is 5.82 Å². The summed E-state index contributed by atoms with van der Waals surface area (Å²) in [6, 6.07) is 6.00. The molecule has 3 heterocycles. The number of thiazole rings is 1. The third-order valence-corrected chi connectivity index (χ3v) is 5.88. The number of benzene rings is 1. The van der Waals surface area contributed by atoms with E-state index in [0.29, 0.717) is 26.3 Å². The lowest BCUT2D eigenvalue weighted by molar-refractivity contribution is 0.0469. The predicted molar refractivity (Wildman–Crippen MR) is 101 cm³/mol. The highest BCUT2D eigenvalue weighted by Crippen LogP contribution is 2.34. The van der Waals surface area contributed by atoms with Crippen molar-refractivity contribution in [1.82, 2.24) is 9.38 Å². The summed E-state index contributed by atoms with van der Waals surface area (Å²) in [4.78, 5) is 29.7. The Bertz CT molecular complexity index is 1210. The fourth-order valence-electron chi connectivity index (χ4n) is 2.78. The molecule has 0 aliphatic heterocycles. The smallest absolute Gasteiger partial charge is 0.349 e. The zero-order valence-electron chi connectivity index (χ0n) is 14.1. The highest BCUT2D eigenvalue weighted by atomic mass is 32.1. The van der Waals surface area contributed by atoms with E-state index >= 15 is 0 Å². The molecule has 0 spiro atoms. The van der Waals surface area contributed by atoms with Crippen LogP contribution in [0.1, 0.15) is 20.9 Å². The van der Waals surface area contributed by atoms with Crippen LogP contribution < -0.4 is 5.56 Å². The van der Waals surface area contributed by atoms with E-state index in [-0.39, 0.29) is 23.7 Å². The van der Waals surface area contributed by atoms with Gasteiger partial charge in [-0.1, -0.05) is 6.07 Å². The van der Waals surface area contributed by atoms with Crippen LogP contribution in [0.2, 0.25) is 0 Å². The van der Waals surface area contributed by atoms with Gasteiger partial charge in [-0.25, -0.2) is 14.2 Å². The molecule has 138 valence electrons. The Hall–Kier alpha value is -2.62. The van der Waals surface area contributed by atoms with Crippen LogP contribution in [0.25, 0.3) is 15.0 Å². The monoisotopic (exact) mass is 404 g/mol. The number of rotatable bonds is 5. The molecule has 4 aromatic rings. The normalized spacial score (nSPS) is 11.3. The van der Waals surface area contributed by atoms with Gasteiger partial charge in [0.25, 0.3) is 5.56 Å². The largest absolute Gasteiger partial charge is 0.455 e. The van der Waals surface area contributed by atoms with Gasteiger partial charge in [-0.15, -0.1) is 22.7 Å². The average molecular weight is 404 g/mol. The van der Waals surface area contributed by atoms with Crippen LogP contribution in [-0.2, 0) is 22.7 Å². The Kier molecular flexibility index (Phi) is 4.73. The van der Waals surface area contributed by atoms with Crippen molar-refractivity contribution < 1.29 is 18.7 Å². The molecule has 1 aromatic carbocycles. The first kappa shape index (κ1) is 17.8.